The van der Waals surface area contributed by atoms with Crippen LogP contribution in [0.2, 0.25) is 0 Å². The van der Waals surface area contributed by atoms with E-state index in [9.17, 15) is 4.79 Å². The molecular formula is C14H24O2. The fraction of sp³-hybridized carbons (Fsp3) is 0.643. The Balaban J connectivity index is 3.84. The van der Waals surface area contributed by atoms with Crippen molar-refractivity contribution >= 4 is 5.97 Å². The van der Waals surface area contributed by atoms with Gasteiger partial charge in [-0.3, -0.25) is 4.79 Å². The van der Waals surface area contributed by atoms with Gasteiger partial charge in [0.2, 0.25) is 0 Å². The van der Waals surface area contributed by atoms with Gasteiger partial charge in [-0.25, -0.2) is 0 Å². The molecule has 1 atom stereocenters. The molecule has 1 unspecified atom stereocenters. The van der Waals surface area contributed by atoms with Crippen LogP contribution in [0.3, 0.4) is 0 Å². The standard InChI is InChI=1S/C14H24O2/c1-4-6-8-10-12-14(16-13(3)15)11-9-7-5-2/h4,6,8,14H,1,5,7,9-12H2,2-3H3. The van der Waals surface area contributed by atoms with Gasteiger partial charge in [-0.05, 0) is 25.7 Å². The van der Waals surface area contributed by atoms with E-state index in [1.54, 1.807) is 6.08 Å². The zero-order valence-electron chi connectivity index (χ0n) is 10.6. The summed E-state index contributed by atoms with van der Waals surface area (Å²) in [7, 11) is 0. The highest BCUT2D eigenvalue weighted by atomic mass is 16.5. The van der Waals surface area contributed by atoms with Gasteiger partial charge in [0, 0.05) is 6.92 Å². The van der Waals surface area contributed by atoms with Crippen molar-refractivity contribution in [2.24, 2.45) is 0 Å². The summed E-state index contributed by atoms with van der Waals surface area (Å²) in [6.45, 7) is 7.27. The van der Waals surface area contributed by atoms with Gasteiger partial charge in [-0.2, -0.15) is 0 Å². The predicted molar refractivity (Wildman–Crippen MR) is 68.3 cm³/mol. The van der Waals surface area contributed by atoms with Gasteiger partial charge in [0.15, 0.2) is 0 Å². The van der Waals surface area contributed by atoms with Crippen LogP contribution in [-0.2, 0) is 9.53 Å². The average molecular weight is 224 g/mol. The van der Waals surface area contributed by atoms with Crippen LogP contribution < -0.4 is 0 Å². The molecular weight excluding hydrogens is 200 g/mol. The maximum absolute atomic E-state index is 10.9. The average Bonchev–Trinajstić information content (AvgIpc) is 2.23. The van der Waals surface area contributed by atoms with Crippen LogP contribution in [0.5, 0.6) is 0 Å². The second-order valence-electron chi connectivity index (χ2n) is 3.97. The summed E-state index contributed by atoms with van der Waals surface area (Å²) in [4.78, 5) is 10.9. The van der Waals surface area contributed by atoms with E-state index in [0.717, 1.165) is 25.7 Å². The van der Waals surface area contributed by atoms with Crippen molar-refractivity contribution < 1.29 is 9.53 Å². The summed E-state index contributed by atoms with van der Waals surface area (Å²) in [5.41, 5.74) is 0. The number of carbonyl (C=O) groups excluding carboxylic acids is 1. The molecule has 92 valence electrons. The molecule has 0 aliphatic rings. The lowest BCUT2D eigenvalue weighted by atomic mass is 10.1. The van der Waals surface area contributed by atoms with Gasteiger partial charge in [0.1, 0.15) is 6.10 Å². The highest BCUT2D eigenvalue weighted by Crippen LogP contribution is 2.13. The van der Waals surface area contributed by atoms with Gasteiger partial charge in [0.25, 0.3) is 0 Å². The SMILES string of the molecule is C=CC=CCCC(CCCCC)OC(C)=O. The second-order valence-corrected chi connectivity index (χ2v) is 3.97. The zero-order chi connectivity index (χ0) is 12.2. The molecule has 16 heavy (non-hydrogen) atoms. The van der Waals surface area contributed by atoms with Crippen LogP contribution in [0.25, 0.3) is 0 Å². The molecule has 0 aromatic carbocycles. The van der Waals surface area contributed by atoms with Crippen molar-refractivity contribution in [3.05, 3.63) is 24.8 Å². The molecule has 0 fully saturated rings. The number of esters is 1. The Bertz CT molecular complexity index is 219. The van der Waals surface area contributed by atoms with Gasteiger partial charge < -0.3 is 4.74 Å². The minimum atomic E-state index is -0.172. The van der Waals surface area contributed by atoms with Crippen molar-refractivity contribution in [2.75, 3.05) is 0 Å². The number of hydrogen-bond donors (Lipinski definition) is 0. The van der Waals surface area contributed by atoms with E-state index < -0.39 is 0 Å². The Morgan fingerprint density at radius 2 is 2.12 bits per heavy atom. The van der Waals surface area contributed by atoms with E-state index in [2.05, 4.69) is 19.6 Å². The van der Waals surface area contributed by atoms with Crippen molar-refractivity contribution in [2.45, 2.75) is 58.5 Å². The summed E-state index contributed by atoms with van der Waals surface area (Å²) in [6, 6.07) is 0. The van der Waals surface area contributed by atoms with Crippen molar-refractivity contribution in [3.63, 3.8) is 0 Å². The van der Waals surface area contributed by atoms with Crippen molar-refractivity contribution in [3.8, 4) is 0 Å². The van der Waals surface area contributed by atoms with Crippen molar-refractivity contribution in [1.82, 2.24) is 0 Å². The monoisotopic (exact) mass is 224 g/mol. The fourth-order valence-corrected chi connectivity index (χ4v) is 1.59. The third-order valence-corrected chi connectivity index (χ3v) is 2.39. The maximum Gasteiger partial charge on any atom is 0.302 e. The molecule has 0 radical (unpaired) electrons. The van der Waals surface area contributed by atoms with Crippen LogP contribution in [0.15, 0.2) is 24.8 Å². The Hall–Kier alpha value is -1.05. The van der Waals surface area contributed by atoms with E-state index in [-0.39, 0.29) is 12.1 Å². The first-order chi connectivity index (χ1) is 7.70. The maximum atomic E-state index is 10.9. The first-order valence-corrected chi connectivity index (χ1v) is 6.15. The Morgan fingerprint density at radius 1 is 1.38 bits per heavy atom. The van der Waals surface area contributed by atoms with E-state index in [0.29, 0.717) is 0 Å². The predicted octanol–water partition coefficient (Wildman–Crippen LogP) is 4.02. The molecule has 0 aliphatic heterocycles. The molecule has 0 rings (SSSR count). The largest absolute Gasteiger partial charge is 0.463 e. The van der Waals surface area contributed by atoms with Gasteiger partial charge in [0.05, 0.1) is 0 Å². The molecule has 0 saturated carbocycles. The third-order valence-electron chi connectivity index (χ3n) is 2.39. The Labute approximate surface area is 99.4 Å². The molecule has 0 heterocycles. The van der Waals surface area contributed by atoms with Gasteiger partial charge in [-0.15, -0.1) is 0 Å². The summed E-state index contributed by atoms with van der Waals surface area (Å²) in [5.74, 6) is -0.172. The molecule has 0 aliphatic carbocycles. The minimum absolute atomic E-state index is 0.0820. The number of rotatable bonds is 9. The lowest BCUT2D eigenvalue weighted by molar-refractivity contribution is -0.146. The molecule has 0 bridgehead atoms. The van der Waals surface area contributed by atoms with Crippen LogP contribution in [0.4, 0.5) is 0 Å². The lowest BCUT2D eigenvalue weighted by Crippen LogP contribution is -2.16. The Kier molecular flexibility index (Phi) is 9.78. The third kappa shape index (κ3) is 9.50. The first-order valence-electron chi connectivity index (χ1n) is 6.15. The highest BCUT2D eigenvalue weighted by Gasteiger charge is 2.10. The smallest absolute Gasteiger partial charge is 0.302 e. The molecule has 0 saturated heterocycles. The quantitative estimate of drug-likeness (QED) is 0.336. The summed E-state index contributed by atoms with van der Waals surface area (Å²) in [5, 5.41) is 0. The van der Waals surface area contributed by atoms with Crippen LogP contribution >= 0.6 is 0 Å². The minimum Gasteiger partial charge on any atom is -0.463 e. The molecule has 0 spiro atoms. The van der Waals surface area contributed by atoms with Crippen molar-refractivity contribution in [1.29, 1.82) is 0 Å². The van der Waals surface area contributed by atoms with E-state index in [1.807, 2.05) is 6.08 Å². The van der Waals surface area contributed by atoms with Crippen LogP contribution in [-0.4, -0.2) is 12.1 Å². The number of hydrogen-bond acceptors (Lipinski definition) is 2. The summed E-state index contributed by atoms with van der Waals surface area (Å²) >= 11 is 0. The van der Waals surface area contributed by atoms with E-state index in [1.165, 1.54) is 19.8 Å². The summed E-state index contributed by atoms with van der Waals surface area (Å²) < 4.78 is 5.28. The summed E-state index contributed by atoms with van der Waals surface area (Å²) in [6.07, 6.45) is 12.2. The van der Waals surface area contributed by atoms with E-state index in [4.69, 9.17) is 4.74 Å². The molecule has 2 heteroatoms. The molecule has 2 nitrogen and oxygen atoms in total. The highest BCUT2D eigenvalue weighted by molar-refractivity contribution is 5.66. The zero-order valence-corrected chi connectivity index (χ0v) is 10.6. The number of unbranched alkanes of at least 4 members (excludes halogenated alkanes) is 2. The molecule has 0 amide bonds. The molecule has 0 N–H and O–H groups in total. The Morgan fingerprint density at radius 3 is 2.69 bits per heavy atom. The lowest BCUT2D eigenvalue weighted by Gasteiger charge is -2.15. The van der Waals surface area contributed by atoms with Crippen LogP contribution in [0.1, 0.15) is 52.4 Å². The number of ether oxygens (including phenoxy) is 1. The van der Waals surface area contributed by atoms with Gasteiger partial charge >= 0.3 is 5.97 Å². The topological polar surface area (TPSA) is 26.3 Å². The van der Waals surface area contributed by atoms with E-state index >= 15 is 0 Å². The first kappa shape index (κ1) is 14.9. The number of carbonyl (C=O) groups is 1. The van der Waals surface area contributed by atoms with Gasteiger partial charge in [-0.1, -0.05) is 44.6 Å². The van der Waals surface area contributed by atoms with Crippen LogP contribution in [0, 0.1) is 0 Å². The molecule has 0 aromatic heterocycles. The molecule has 0 aromatic rings. The normalized spacial score (nSPS) is 12.6. The number of allylic oxidation sites excluding steroid dienone is 3. The second kappa shape index (κ2) is 10.5. The fourth-order valence-electron chi connectivity index (χ4n) is 1.59.